The summed E-state index contributed by atoms with van der Waals surface area (Å²) in [6.07, 6.45) is 1.98. The van der Waals surface area contributed by atoms with Crippen molar-refractivity contribution in [3.05, 3.63) is 59.7 Å². The molecule has 1 aliphatic carbocycles. The number of nitrogens with one attached hydrogen (secondary N) is 2. The highest BCUT2D eigenvalue weighted by molar-refractivity contribution is 7.89. The largest absolute Gasteiger partial charge is 0.481 e. The van der Waals surface area contributed by atoms with Gasteiger partial charge in [0.05, 0.1) is 11.3 Å². The Morgan fingerprint density at radius 3 is 2.41 bits per heavy atom. The number of hydrogen-bond acceptors (Lipinski definition) is 4. The van der Waals surface area contributed by atoms with E-state index in [0.717, 1.165) is 12.8 Å². The molecule has 1 aliphatic rings. The highest BCUT2D eigenvalue weighted by atomic mass is 32.2. The van der Waals surface area contributed by atoms with E-state index in [1.165, 1.54) is 24.3 Å². The maximum absolute atomic E-state index is 12.4. The second-order valence-electron chi connectivity index (χ2n) is 6.54. The molecule has 3 N–H and O–H groups in total. The minimum atomic E-state index is -3.65. The molecule has 0 aromatic heterocycles. The van der Waals surface area contributed by atoms with Gasteiger partial charge in [0.15, 0.2) is 0 Å². The topological polar surface area (TPSA) is 113 Å². The molecule has 142 valence electrons. The van der Waals surface area contributed by atoms with Crippen molar-refractivity contribution in [3.63, 3.8) is 0 Å². The predicted molar refractivity (Wildman–Crippen MR) is 100 cm³/mol. The van der Waals surface area contributed by atoms with Crippen LogP contribution in [0.3, 0.4) is 0 Å². The van der Waals surface area contributed by atoms with Crippen molar-refractivity contribution < 1.29 is 23.1 Å². The number of aliphatic carboxylic acids is 1. The van der Waals surface area contributed by atoms with E-state index in [9.17, 15) is 18.0 Å². The lowest BCUT2D eigenvalue weighted by molar-refractivity contribution is -0.136. The first-order chi connectivity index (χ1) is 12.8. The molecule has 0 unspecified atom stereocenters. The lowest BCUT2D eigenvalue weighted by Gasteiger charge is -2.09. The van der Waals surface area contributed by atoms with Gasteiger partial charge in [-0.1, -0.05) is 18.2 Å². The summed E-state index contributed by atoms with van der Waals surface area (Å²) in [6.45, 7) is 0.418. The van der Waals surface area contributed by atoms with Crippen LogP contribution in [0.4, 0.5) is 5.69 Å². The van der Waals surface area contributed by atoms with Crippen molar-refractivity contribution in [1.82, 2.24) is 4.72 Å². The number of carbonyl (C=O) groups excluding carboxylic acids is 1. The molecule has 1 fully saturated rings. The van der Waals surface area contributed by atoms with Crippen LogP contribution in [0.2, 0.25) is 0 Å². The molecular formula is C19H20N2O5S. The first kappa shape index (κ1) is 19.1. The number of sulfonamides is 1. The van der Waals surface area contributed by atoms with Gasteiger partial charge < -0.3 is 10.4 Å². The van der Waals surface area contributed by atoms with Gasteiger partial charge in [0.25, 0.3) is 5.91 Å². The molecule has 0 saturated heterocycles. The van der Waals surface area contributed by atoms with Gasteiger partial charge in [-0.2, -0.15) is 0 Å². The van der Waals surface area contributed by atoms with E-state index in [4.69, 9.17) is 5.11 Å². The van der Waals surface area contributed by atoms with Crippen LogP contribution < -0.4 is 10.0 Å². The zero-order chi connectivity index (χ0) is 19.4. The average molecular weight is 388 g/mol. The number of benzene rings is 2. The highest BCUT2D eigenvalue weighted by Gasteiger charge is 2.24. The van der Waals surface area contributed by atoms with Gasteiger partial charge in [-0.3, -0.25) is 9.59 Å². The summed E-state index contributed by atoms with van der Waals surface area (Å²) in [5.74, 6) is -0.962. The maximum atomic E-state index is 12.4. The van der Waals surface area contributed by atoms with E-state index in [0.29, 0.717) is 23.7 Å². The van der Waals surface area contributed by atoms with Crippen molar-refractivity contribution in [2.45, 2.75) is 24.2 Å². The van der Waals surface area contributed by atoms with Crippen LogP contribution in [0.15, 0.2) is 53.4 Å². The minimum Gasteiger partial charge on any atom is -0.481 e. The third-order valence-corrected chi connectivity index (χ3v) is 5.65. The Morgan fingerprint density at radius 1 is 1.07 bits per heavy atom. The second-order valence-corrected chi connectivity index (χ2v) is 8.31. The molecule has 0 spiro atoms. The molecule has 8 heteroatoms. The van der Waals surface area contributed by atoms with Gasteiger partial charge in [0.1, 0.15) is 0 Å². The van der Waals surface area contributed by atoms with Crippen LogP contribution >= 0.6 is 0 Å². The number of carboxylic acids is 1. The molecule has 7 nitrogen and oxygen atoms in total. The molecule has 0 atom stereocenters. The van der Waals surface area contributed by atoms with Crippen LogP contribution in [0.25, 0.3) is 0 Å². The zero-order valence-corrected chi connectivity index (χ0v) is 15.3. The van der Waals surface area contributed by atoms with E-state index in [-0.39, 0.29) is 16.9 Å². The van der Waals surface area contributed by atoms with Crippen LogP contribution in [0, 0.1) is 5.92 Å². The fourth-order valence-electron chi connectivity index (χ4n) is 2.52. The second kappa shape index (κ2) is 7.89. The molecule has 0 radical (unpaired) electrons. The SMILES string of the molecule is O=C(O)Cc1ccc(NC(=O)c2cccc(S(=O)(=O)NCC3CC3)c2)cc1. The molecular weight excluding hydrogens is 368 g/mol. The Bertz CT molecular complexity index is 950. The molecule has 2 aromatic rings. The quantitative estimate of drug-likeness (QED) is 0.642. The molecule has 1 amide bonds. The lowest BCUT2D eigenvalue weighted by Crippen LogP contribution is -2.26. The lowest BCUT2D eigenvalue weighted by atomic mass is 10.1. The Kier molecular flexibility index (Phi) is 5.57. The number of carbonyl (C=O) groups is 2. The number of anilines is 1. The smallest absolute Gasteiger partial charge is 0.307 e. The van der Waals surface area contributed by atoms with Crippen molar-refractivity contribution in [1.29, 1.82) is 0 Å². The summed E-state index contributed by atoms with van der Waals surface area (Å²) in [5.41, 5.74) is 1.34. The predicted octanol–water partition coefficient (Wildman–Crippen LogP) is 2.25. The Balaban J connectivity index is 1.68. The summed E-state index contributed by atoms with van der Waals surface area (Å²) in [6, 6.07) is 12.3. The van der Waals surface area contributed by atoms with Crippen LogP contribution in [0.5, 0.6) is 0 Å². The van der Waals surface area contributed by atoms with Gasteiger partial charge in [0, 0.05) is 17.8 Å². The van der Waals surface area contributed by atoms with Gasteiger partial charge in [-0.05, 0) is 54.7 Å². The minimum absolute atomic E-state index is 0.0487. The summed E-state index contributed by atoms with van der Waals surface area (Å²) in [7, 11) is -3.65. The summed E-state index contributed by atoms with van der Waals surface area (Å²) < 4.78 is 27.2. The first-order valence-electron chi connectivity index (χ1n) is 8.55. The highest BCUT2D eigenvalue weighted by Crippen LogP contribution is 2.28. The Hall–Kier alpha value is -2.71. The first-order valence-corrected chi connectivity index (χ1v) is 10.0. The van der Waals surface area contributed by atoms with Crippen LogP contribution in [0.1, 0.15) is 28.8 Å². The Labute approximate surface area is 157 Å². The third-order valence-electron chi connectivity index (χ3n) is 4.23. The molecule has 1 saturated carbocycles. The molecule has 27 heavy (non-hydrogen) atoms. The molecule has 2 aromatic carbocycles. The summed E-state index contributed by atoms with van der Waals surface area (Å²) in [4.78, 5) is 23.2. The standard InChI is InChI=1S/C19H20N2O5S/c22-18(23)10-13-6-8-16(9-7-13)21-19(24)15-2-1-3-17(11-15)27(25,26)20-12-14-4-5-14/h1-3,6-9,11,14,20H,4-5,10,12H2,(H,21,24)(H,22,23). The van der Waals surface area contributed by atoms with E-state index in [2.05, 4.69) is 10.0 Å². The monoisotopic (exact) mass is 388 g/mol. The van der Waals surface area contributed by atoms with Crippen LogP contribution in [-0.4, -0.2) is 31.9 Å². The van der Waals surface area contributed by atoms with Crippen molar-refractivity contribution in [2.24, 2.45) is 5.92 Å². The molecule has 0 bridgehead atoms. The van der Waals surface area contributed by atoms with Crippen molar-refractivity contribution in [2.75, 3.05) is 11.9 Å². The number of rotatable bonds is 8. The van der Waals surface area contributed by atoms with Gasteiger partial charge in [-0.15, -0.1) is 0 Å². The van der Waals surface area contributed by atoms with E-state index >= 15 is 0 Å². The number of hydrogen-bond donors (Lipinski definition) is 3. The van der Waals surface area contributed by atoms with E-state index in [1.54, 1.807) is 24.3 Å². The molecule has 0 aliphatic heterocycles. The van der Waals surface area contributed by atoms with E-state index < -0.39 is 21.9 Å². The molecule has 3 rings (SSSR count). The van der Waals surface area contributed by atoms with Crippen LogP contribution in [-0.2, 0) is 21.2 Å². The van der Waals surface area contributed by atoms with Crippen molar-refractivity contribution >= 4 is 27.6 Å². The Morgan fingerprint density at radius 2 is 1.78 bits per heavy atom. The zero-order valence-electron chi connectivity index (χ0n) is 14.5. The maximum Gasteiger partial charge on any atom is 0.307 e. The fraction of sp³-hybridized carbons (Fsp3) is 0.263. The summed E-state index contributed by atoms with van der Waals surface area (Å²) >= 11 is 0. The third kappa shape index (κ3) is 5.38. The molecule has 0 heterocycles. The van der Waals surface area contributed by atoms with Gasteiger partial charge >= 0.3 is 5.97 Å². The normalized spacial score (nSPS) is 13.9. The van der Waals surface area contributed by atoms with Gasteiger partial charge in [-0.25, -0.2) is 13.1 Å². The fourth-order valence-corrected chi connectivity index (χ4v) is 3.68. The summed E-state index contributed by atoms with van der Waals surface area (Å²) in [5, 5.41) is 11.4. The number of carboxylic acid groups (broad SMARTS) is 1. The average Bonchev–Trinajstić information content (AvgIpc) is 3.46. The van der Waals surface area contributed by atoms with Gasteiger partial charge in [0.2, 0.25) is 10.0 Å². The number of amides is 1. The van der Waals surface area contributed by atoms with E-state index in [1.807, 2.05) is 0 Å². The van der Waals surface area contributed by atoms with Crippen molar-refractivity contribution in [3.8, 4) is 0 Å².